The summed E-state index contributed by atoms with van der Waals surface area (Å²) in [4.78, 5) is 2.14. The molecule has 0 saturated heterocycles. The van der Waals surface area contributed by atoms with Gasteiger partial charge in [0, 0.05) is 5.54 Å². The highest BCUT2D eigenvalue weighted by atomic mass is 19.2. The maximum atomic E-state index is 13.5. The maximum absolute atomic E-state index is 13.5. The van der Waals surface area contributed by atoms with Crippen LogP contribution in [0.2, 0.25) is 0 Å². The Kier molecular flexibility index (Phi) is 6.08. The van der Waals surface area contributed by atoms with Gasteiger partial charge in [-0.3, -0.25) is 0 Å². The first-order chi connectivity index (χ1) is 9.36. The van der Waals surface area contributed by atoms with Crippen LogP contribution in [0.25, 0.3) is 0 Å². The zero-order valence-electron chi connectivity index (χ0n) is 13.1. The number of hydrogen-bond acceptors (Lipinski definition) is 2. The second-order valence-electron chi connectivity index (χ2n) is 5.67. The number of hydrogen-bond donors (Lipinski definition) is 1. The number of likely N-dealkylation sites (N-methyl/N-ethyl adjacent to an activating group) is 1. The molecular formula is C16H26F2N2. The van der Waals surface area contributed by atoms with Gasteiger partial charge in [-0.25, -0.2) is 8.78 Å². The van der Waals surface area contributed by atoms with E-state index >= 15 is 0 Å². The van der Waals surface area contributed by atoms with E-state index in [0.717, 1.165) is 24.9 Å². The molecule has 0 aliphatic heterocycles. The standard InChI is InChI=1S/C16H26F2N2/c1-6-10-19-15(16(3,7-2)20(4)5)12-8-9-13(17)14(18)11-12/h8-9,11,15,19H,6-7,10H2,1-5H3. The lowest BCUT2D eigenvalue weighted by Crippen LogP contribution is -2.51. The van der Waals surface area contributed by atoms with Crippen LogP contribution in [0.4, 0.5) is 8.78 Å². The Labute approximate surface area is 121 Å². The molecule has 1 N–H and O–H groups in total. The minimum absolute atomic E-state index is 0.0439. The van der Waals surface area contributed by atoms with Crippen molar-refractivity contribution in [3.05, 3.63) is 35.4 Å². The molecule has 0 aromatic heterocycles. The normalized spacial score (nSPS) is 16.2. The van der Waals surface area contributed by atoms with Crippen LogP contribution in [-0.2, 0) is 0 Å². The topological polar surface area (TPSA) is 15.3 Å². The largest absolute Gasteiger partial charge is 0.308 e. The van der Waals surface area contributed by atoms with Gasteiger partial charge >= 0.3 is 0 Å². The molecule has 0 bridgehead atoms. The maximum Gasteiger partial charge on any atom is 0.159 e. The number of nitrogens with one attached hydrogen (secondary N) is 1. The summed E-state index contributed by atoms with van der Waals surface area (Å²) in [6.45, 7) is 7.18. The molecule has 4 heteroatoms. The fraction of sp³-hybridized carbons (Fsp3) is 0.625. The summed E-state index contributed by atoms with van der Waals surface area (Å²) in [5.41, 5.74) is 0.620. The van der Waals surface area contributed by atoms with Crippen molar-refractivity contribution in [3.63, 3.8) is 0 Å². The zero-order chi connectivity index (χ0) is 15.3. The van der Waals surface area contributed by atoms with E-state index in [2.05, 4.69) is 31.0 Å². The van der Waals surface area contributed by atoms with E-state index in [1.807, 2.05) is 14.1 Å². The molecule has 0 radical (unpaired) electrons. The SMILES string of the molecule is CCCNC(c1ccc(F)c(F)c1)C(C)(CC)N(C)C. The van der Waals surface area contributed by atoms with E-state index in [4.69, 9.17) is 0 Å². The third-order valence-electron chi connectivity index (χ3n) is 4.23. The third-order valence-corrected chi connectivity index (χ3v) is 4.23. The number of halogens is 2. The minimum atomic E-state index is -0.800. The van der Waals surface area contributed by atoms with Gasteiger partial charge in [0.2, 0.25) is 0 Å². The van der Waals surface area contributed by atoms with Gasteiger partial charge in [0.15, 0.2) is 11.6 Å². The Morgan fingerprint density at radius 3 is 2.30 bits per heavy atom. The van der Waals surface area contributed by atoms with Crippen molar-refractivity contribution in [2.24, 2.45) is 0 Å². The Bertz CT molecular complexity index is 434. The summed E-state index contributed by atoms with van der Waals surface area (Å²) in [6, 6.07) is 4.14. The summed E-state index contributed by atoms with van der Waals surface area (Å²) >= 11 is 0. The van der Waals surface area contributed by atoms with Crippen LogP contribution in [0.15, 0.2) is 18.2 Å². The van der Waals surface area contributed by atoms with Gasteiger partial charge in [-0.05, 0) is 58.1 Å². The first kappa shape index (κ1) is 17.1. The lowest BCUT2D eigenvalue weighted by molar-refractivity contribution is 0.112. The van der Waals surface area contributed by atoms with Crippen LogP contribution in [0, 0.1) is 11.6 Å². The molecular weight excluding hydrogens is 258 g/mol. The number of nitrogens with zero attached hydrogens (tertiary/aromatic N) is 1. The molecule has 1 aromatic rings. The molecule has 0 aliphatic rings. The van der Waals surface area contributed by atoms with Gasteiger partial charge in [-0.1, -0.05) is 19.9 Å². The van der Waals surface area contributed by atoms with Crippen molar-refractivity contribution >= 4 is 0 Å². The Balaban J connectivity index is 3.19. The predicted octanol–water partition coefficient (Wildman–Crippen LogP) is 3.74. The number of benzene rings is 1. The van der Waals surface area contributed by atoms with Crippen molar-refractivity contribution in [2.75, 3.05) is 20.6 Å². The third kappa shape index (κ3) is 3.55. The predicted molar refractivity (Wildman–Crippen MR) is 79.8 cm³/mol. The molecule has 0 amide bonds. The monoisotopic (exact) mass is 284 g/mol. The molecule has 0 saturated carbocycles. The molecule has 1 aromatic carbocycles. The van der Waals surface area contributed by atoms with Crippen molar-refractivity contribution < 1.29 is 8.78 Å². The highest BCUT2D eigenvalue weighted by Gasteiger charge is 2.35. The molecule has 114 valence electrons. The van der Waals surface area contributed by atoms with E-state index in [1.165, 1.54) is 12.1 Å². The van der Waals surface area contributed by atoms with Gasteiger partial charge in [-0.2, -0.15) is 0 Å². The lowest BCUT2D eigenvalue weighted by atomic mass is 9.83. The number of rotatable bonds is 7. The molecule has 2 atom stereocenters. The fourth-order valence-electron chi connectivity index (χ4n) is 2.46. The smallest absolute Gasteiger partial charge is 0.159 e. The fourth-order valence-corrected chi connectivity index (χ4v) is 2.46. The van der Waals surface area contributed by atoms with Crippen molar-refractivity contribution in [2.45, 2.75) is 45.2 Å². The summed E-state index contributed by atoms with van der Waals surface area (Å²) < 4.78 is 26.7. The second-order valence-corrected chi connectivity index (χ2v) is 5.67. The Morgan fingerprint density at radius 1 is 1.20 bits per heavy atom. The summed E-state index contributed by atoms with van der Waals surface area (Å²) in [5.74, 6) is -1.59. The summed E-state index contributed by atoms with van der Waals surface area (Å²) in [7, 11) is 4.04. The van der Waals surface area contributed by atoms with Gasteiger partial charge < -0.3 is 10.2 Å². The van der Waals surface area contributed by atoms with Crippen molar-refractivity contribution in [1.29, 1.82) is 0 Å². The zero-order valence-corrected chi connectivity index (χ0v) is 13.1. The van der Waals surface area contributed by atoms with Gasteiger partial charge in [0.1, 0.15) is 0 Å². The average molecular weight is 284 g/mol. The van der Waals surface area contributed by atoms with Crippen LogP contribution in [0.1, 0.15) is 45.2 Å². The van der Waals surface area contributed by atoms with E-state index < -0.39 is 11.6 Å². The van der Waals surface area contributed by atoms with Gasteiger partial charge in [0.25, 0.3) is 0 Å². The van der Waals surface area contributed by atoms with Crippen molar-refractivity contribution in [3.8, 4) is 0 Å². The molecule has 20 heavy (non-hydrogen) atoms. The quantitative estimate of drug-likeness (QED) is 0.820. The second kappa shape index (κ2) is 7.14. The van der Waals surface area contributed by atoms with Gasteiger partial charge in [-0.15, -0.1) is 0 Å². The molecule has 1 rings (SSSR count). The molecule has 0 aliphatic carbocycles. The minimum Gasteiger partial charge on any atom is -0.308 e. The van der Waals surface area contributed by atoms with Crippen LogP contribution in [0.5, 0.6) is 0 Å². The van der Waals surface area contributed by atoms with Crippen molar-refractivity contribution in [1.82, 2.24) is 10.2 Å². The molecule has 0 fully saturated rings. The average Bonchev–Trinajstić information content (AvgIpc) is 2.42. The van der Waals surface area contributed by atoms with Crippen LogP contribution >= 0.6 is 0 Å². The lowest BCUT2D eigenvalue weighted by Gasteiger charge is -2.43. The Morgan fingerprint density at radius 2 is 1.85 bits per heavy atom. The first-order valence-electron chi connectivity index (χ1n) is 7.22. The molecule has 0 spiro atoms. The van der Waals surface area contributed by atoms with E-state index in [9.17, 15) is 8.78 Å². The molecule has 2 nitrogen and oxygen atoms in total. The highest BCUT2D eigenvalue weighted by molar-refractivity contribution is 5.25. The van der Waals surface area contributed by atoms with Crippen LogP contribution in [0.3, 0.4) is 0 Å². The van der Waals surface area contributed by atoms with Gasteiger partial charge in [0.05, 0.1) is 6.04 Å². The first-order valence-corrected chi connectivity index (χ1v) is 7.22. The molecule has 2 unspecified atom stereocenters. The van der Waals surface area contributed by atoms with Crippen LogP contribution in [-0.4, -0.2) is 31.1 Å². The van der Waals surface area contributed by atoms with E-state index in [0.29, 0.717) is 0 Å². The highest BCUT2D eigenvalue weighted by Crippen LogP contribution is 2.33. The van der Waals surface area contributed by atoms with E-state index in [-0.39, 0.29) is 11.6 Å². The summed E-state index contributed by atoms with van der Waals surface area (Å²) in [6.07, 6.45) is 1.90. The Hall–Kier alpha value is -1.00. The summed E-state index contributed by atoms with van der Waals surface area (Å²) in [5, 5.41) is 3.47. The van der Waals surface area contributed by atoms with E-state index in [1.54, 1.807) is 6.07 Å². The molecule has 0 heterocycles. The van der Waals surface area contributed by atoms with Crippen LogP contribution < -0.4 is 5.32 Å².